The number of benzene rings is 9. The summed E-state index contributed by atoms with van der Waals surface area (Å²) in [4.78, 5) is 15.3. The van der Waals surface area contributed by atoms with Gasteiger partial charge in [-0.05, 0) is 91.0 Å². The summed E-state index contributed by atoms with van der Waals surface area (Å²) in [6.07, 6.45) is 0. The van der Waals surface area contributed by atoms with Crippen LogP contribution in [-0.2, 0) is 5.41 Å². The minimum Gasteiger partial charge on any atom is -0.208 e. The molecule has 4 heteroatoms. The Balaban J connectivity index is 0.884. The van der Waals surface area contributed by atoms with Crippen LogP contribution in [0.1, 0.15) is 22.3 Å². The number of nitrogens with zero attached hydrogens (tertiary/aromatic N) is 3. The van der Waals surface area contributed by atoms with Gasteiger partial charge in [0.1, 0.15) is 0 Å². The first kappa shape index (κ1) is 35.0. The second-order valence-corrected chi connectivity index (χ2v) is 17.3. The summed E-state index contributed by atoms with van der Waals surface area (Å²) in [6.45, 7) is 0. The molecule has 0 atom stereocenters. The highest BCUT2D eigenvalue weighted by Crippen LogP contribution is 2.63. The molecule has 0 unspecified atom stereocenters. The highest BCUT2D eigenvalue weighted by molar-refractivity contribution is 7.25. The molecule has 0 radical (unpaired) electrons. The molecule has 3 nitrogen and oxygen atoms in total. The van der Waals surface area contributed by atoms with Gasteiger partial charge in [0, 0.05) is 36.9 Å². The van der Waals surface area contributed by atoms with Crippen LogP contribution in [0.25, 0.3) is 98.8 Å². The van der Waals surface area contributed by atoms with Crippen LogP contribution in [0.5, 0.6) is 0 Å². The third-order valence-electron chi connectivity index (χ3n) is 13.0. The van der Waals surface area contributed by atoms with E-state index in [1.807, 2.05) is 18.2 Å². The zero-order valence-electron chi connectivity index (χ0n) is 33.5. The molecule has 9 aromatic carbocycles. The highest BCUT2D eigenvalue weighted by Gasteiger charge is 2.51. The Bertz CT molecular complexity index is 3540. The maximum Gasteiger partial charge on any atom is 0.164 e. The number of aromatic nitrogens is 3. The average molecular weight is 806 g/mol. The maximum absolute atomic E-state index is 5.17. The molecule has 2 aromatic heterocycles. The molecular formula is C58H35N3S. The molecule has 11 aromatic rings. The topological polar surface area (TPSA) is 38.7 Å². The maximum atomic E-state index is 5.17. The van der Waals surface area contributed by atoms with Crippen LogP contribution in [0.3, 0.4) is 0 Å². The summed E-state index contributed by atoms with van der Waals surface area (Å²) in [7, 11) is 0. The van der Waals surface area contributed by atoms with E-state index in [1.165, 1.54) is 75.8 Å². The van der Waals surface area contributed by atoms with Crippen molar-refractivity contribution in [1.82, 2.24) is 15.0 Å². The predicted molar refractivity (Wildman–Crippen MR) is 256 cm³/mol. The first-order valence-corrected chi connectivity index (χ1v) is 21.9. The second kappa shape index (κ2) is 13.6. The Kier molecular flexibility index (Phi) is 7.69. The normalized spacial score (nSPS) is 13.0. The zero-order chi connectivity index (χ0) is 40.8. The molecule has 0 fully saturated rings. The molecule has 0 bridgehead atoms. The van der Waals surface area contributed by atoms with E-state index in [2.05, 4.69) is 194 Å². The zero-order valence-corrected chi connectivity index (χ0v) is 34.3. The molecule has 1 spiro atoms. The van der Waals surface area contributed by atoms with Gasteiger partial charge in [-0.2, -0.15) is 0 Å². The van der Waals surface area contributed by atoms with Crippen molar-refractivity contribution in [3.63, 3.8) is 0 Å². The van der Waals surface area contributed by atoms with Crippen LogP contribution < -0.4 is 0 Å². The first-order chi connectivity index (χ1) is 30.7. The van der Waals surface area contributed by atoms with E-state index in [9.17, 15) is 0 Å². The van der Waals surface area contributed by atoms with E-state index in [4.69, 9.17) is 15.0 Å². The largest absolute Gasteiger partial charge is 0.208 e. The Morgan fingerprint density at radius 1 is 0.290 bits per heavy atom. The molecule has 0 N–H and O–H groups in total. The Morgan fingerprint density at radius 2 is 0.742 bits per heavy atom. The number of thiophene rings is 1. The fraction of sp³-hybridized carbons (Fsp3) is 0.0172. The van der Waals surface area contributed by atoms with Crippen LogP contribution in [0.15, 0.2) is 212 Å². The van der Waals surface area contributed by atoms with Crippen molar-refractivity contribution >= 4 is 31.5 Å². The summed E-state index contributed by atoms with van der Waals surface area (Å²) in [5, 5.41) is 2.40. The average Bonchev–Trinajstić information content (AvgIpc) is 3.98. The molecule has 0 amide bonds. The van der Waals surface area contributed by atoms with Gasteiger partial charge >= 0.3 is 0 Å². The number of hydrogen-bond donors (Lipinski definition) is 0. The highest BCUT2D eigenvalue weighted by atomic mass is 32.1. The number of hydrogen-bond acceptors (Lipinski definition) is 4. The van der Waals surface area contributed by atoms with E-state index in [0.29, 0.717) is 17.5 Å². The molecule has 0 saturated carbocycles. The summed E-state index contributed by atoms with van der Waals surface area (Å²) >= 11 is 1.80. The predicted octanol–water partition coefficient (Wildman–Crippen LogP) is 14.9. The van der Waals surface area contributed by atoms with Gasteiger partial charge in [0.15, 0.2) is 17.5 Å². The monoisotopic (exact) mass is 805 g/mol. The van der Waals surface area contributed by atoms with Crippen molar-refractivity contribution in [2.24, 2.45) is 0 Å². The molecule has 2 aliphatic carbocycles. The lowest BCUT2D eigenvalue weighted by molar-refractivity contribution is 0.794. The lowest BCUT2D eigenvalue weighted by Gasteiger charge is -2.30. The Labute approximate surface area is 363 Å². The van der Waals surface area contributed by atoms with Crippen molar-refractivity contribution in [2.45, 2.75) is 5.41 Å². The molecule has 288 valence electrons. The van der Waals surface area contributed by atoms with Crippen LogP contribution in [0.2, 0.25) is 0 Å². The van der Waals surface area contributed by atoms with Gasteiger partial charge in [-0.15, -0.1) is 11.3 Å². The quantitative estimate of drug-likeness (QED) is 0.174. The first-order valence-electron chi connectivity index (χ1n) is 21.1. The van der Waals surface area contributed by atoms with E-state index in [-0.39, 0.29) is 5.41 Å². The summed E-state index contributed by atoms with van der Waals surface area (Å²) in [5.41, 5.74) is 17.9. The van der Waals surface area contributed by atoms with Gasteiger partial charge in [0.2, 0.25) is 0 Å². The van der Waals surface area contributed by atoms with Crippen molar-refractivity contribution in [2.75, 3.05) is 0 Å². The van der Waals surface area contributed by atoms with E-state index in [1.54, 1.807) is 11.3 Å². The standard InChI is InChI=1S/C58H35N3S/c1-2-14-37(15-3-1)55-59-56(61-57(60-55)46-22-13-27-53-54(46)45-21-7-11-26-52(45)62-53)38-30-28-36(29-31-38)39-16-12-17-40(34-39)41-32-33-51-47(35-41)44-20-6-10-25-50(44)58(51)48-23-8-4-18-42(48)43-19-5-9-24-49(43)58/h1-35H. The van der Waals surface area contributed by atoms with E-state index < -0.39 is 0 Å². The minimum atomic E-state index is -0.339. The summed E-state index contributed by atoms with van der Waals surface area (Å²) < 4.78 is 2.47. The van der Waals surface area contributed by atoms with Crippen LogP contribution in [0, 0.1) is 0 Å². The SMILES string of the molecule is c1ccc(-c2nc(-c3ccc(-c4cccc(-c5ccc6c(c5)-c5ccccc5C65c6ccccc6-c6ccccc65)c4)cc3)nc(-c3cccc4sc5ccccc5c34)n2)cc1. The second-order valence-electron chi connectivity index (χ2n) is 16.3. The number of fused-ring (bicyclic) bond motifs is 13. The van der Waals surface area contributed by atoms with Crippen molar-refractivity contribution in [3.05, 3.63) is 235 Å². The smallest absolute Gasteiger partial charge is 0.164 e. The lowest BCUT2D eigenvalue weighted by Crippen LogP contribution is -2.25. The Morgan fingerprint density at radius 3 is 1.45 bits per heavy atom. The molecule has 0 saturated heterocycles. The van der Waals surface area contributed by atoms with Gasteiger partial charge < -0.3 is 0 Å². The molecule has 13 rings (SSSR count). The van der Waals surface area contributed by atoms with Crippen LogP contribution in [-0.4, -0.2) is 15.0 Å². The molecule has 2 aliphatic rings. The van der Waals surface area contributed by atoms with Gasteiger partial charge in [-0.1, -0.05) is 188 Å². The van der Waals surface area contributed by atoms with E-state index >= 15 is 0 Å². The molecule has 0 aliphatic heterocycles. The van der Waals surface area contributed by atoms with E-state index in [0.717, 1.165) is 27.8 Å². The van der Waals surface area contributed by atoms with Crippen molar-refractivity contribution in [1.29, 1.82) is 0 Å². The van der Waals surface area contributed by atoms with Crippen LogP contribution in [0.4, 0.5) is 0 Å². The van der Waals surface area contributed by atoms with Crippen LogP contribution >= 0.6 is 11.3 Å². The van der Waals surface area contributed by atoms with Gasteiger partial charge in [-0.3, -0.25) is 0 Å². The minimum absolute atomic E-state index is 0.339. The number of rotatable bonds is 5. The van der Waals surface area contributed by atoms with Gasteiger partial charge in [0.25, 0.3) is 0 Å². The molecular weight excluding hydrogens is 771 g/mol. The third kappa shape index (κ3) is 5.14. The Hall–Kier alpha value is -7.79. The van der Waals surface area contributed by atoms with Gasteiger partial charge in [0.05, 0.1) is 5.41 Å². The summed E-state index contributed by atoms with van der Waals surface area (Å²) in [5.74, 6) is 1.97. The fourth-order valence-corrected chi connectivity index (χ4v) is 11.4. The van der Waals surface area contributed by atoms with Gasteiger partial charge in [-0.25, -0.2) is 15.0 Å². The fourth-order valence-electron chi connectivity index (χ4n) is 10.3. The summed E-state index contributed by atoms with van der Waals surface area (Å²) in [6, 6.07) is 76.8. The third-order valence-corrected chi connectivity index (χ3v) is 14.1. The van der Waals surface area contributed by atoms with Crippen molar-refractivity contribution in [3.8, 4) is 78.7 Å². The molecule has 62 heavy (non-hydrogen) atoms. The van der Waals surface area contributed by atoms with Crippen molar-refractivity contribution < 1.29 is 0 Å². The lowest BCUT2D eigenvalue weighted by atomic mass is 9.70. The molecule has 2 heterocycles.